The molecule has 3 aromatic carbocycles. The van der Waals surface area contributed by atoms with Crippen molar-refractivity contribution in [1.29, 1.82) is 0 Å². The van der Waals surface area contributed by atoms with Gasteiger partial charge in [0.25, 0.3) is 0 Å². The molecule has 0 atom stereocenters. The number of anilines is 1. The summed E-state index contributed by atoms with van der Waals surface area (Å²) >= 11 is 0. The summed E-state index contributed by atoms with van der Waals surface area (Å²) < 4.78 is 0. The molecule has 0 saturated carbocycles. The third kappa shape index (κ3) is 7.10. The second-order valence-electron chi connectivity index (χ2n) is 11.7. The van der Waals surface area contributed by atoms with Gasteiger partial charge in [0.05, 0.1) is 11.4 Å². The van der Waals surface area contributed by atoms with Gasteiger partial charge in [-0.1, -0.05) is 103 Å². The summed E-state index contributed by atoms with van der Waals surface area (Å²) in [5.74, 6) is 0.779. The molecule has 0 radical (unpaired) electrons. The Bertz CT molecular complexity index is 1280. The van der Waals surface area contributed by atoms with Gasteiger partial charge in [-0.25, -0.2) is 0 Å². The van der Waals surface area contributed by atoms with Crippen LogP contribution in [0, 0.1) is 0 Å². The van der Waals surface area contributed by atoms with Gasteiger partial charge in [0, 0.05) is 28.4 Å². The van der Waals surface area contributed by atoms with Crippen LogP contribution < -0.4 is 5.32 Å². The molecule has 3 rings (SSSR count). The van der Waals surface area contributed by atoms with E-state index in [9.17, 15) is 0 Å². The Balaban J connectivity index is 2.21. The monoisotopic (exact) mass is 507 g/mol. The SMILES string of the molecule is CC(=Nc1ccccc1C(C)C)C(C(C)=Nc1ccccc1C(C)C)=C(C)Nc1ccccc1C(C)(C)C. The van der Waals surface area contributed by atoms with Crippen molar-refractivity contribution in [2.45, 2.75) is 86.5 Å². The molecule has 3 nitrogen and oxygen atoms in total. The first-order valence-electron chi connectivity index (χ1n) is 13.8. The summed E-state index contributed by atoms with van der Waals surface area (Å²) in [4.78, 5) is 10.3. The average Bonchev–Trinajstić information content (AvgIpc) is 2.84. The van der Waals surface area contributed by atoms with Gasteiger partial charge in [-0.05, 0) is 72.9 Å². The minimum Gasteiger partial charge on any atom is -0.358 e. The van der Waals surface area contributed by atoms with Crippen molar-refractivity contribution in [3.63, 3.8) is 0 Å². The van der Waals surface area contributed by atoms with Crippen molar-refractivity contribution >= 4 is 28.5 Å². The first-order chi connectivity index (χ1) is 17.9. The Morgan fingerprint density at radius 3 is 1.50 bits per heavy atom. The van der Waals surface area contributed by atoms with Gasteiger partial charge in [0.15, 0.2) is 0 Å². The highest BCUT2D eigenvalue weighted by molar-refractivity contribution is 6.24. The Morgan fingerprint density at radius 2 is 1.05 bits per heavy atom. The van der Waals surface area contributed by atoms with E-state index in [2.05, 4.69) is 147 Å². The lowest BCUT2D eigenvalue weighted by molar-refractivity contribution is 0.592. The average molecular weight is 508 g/mol. The standard InChI is InChI=1S/C35H45N3/c1-23(2)28-17-11-14-20-31(28)36-25(5)34(26(6)37-32-21-15-12-18-29(32)24(3)4)27(7)38-33-22-16-13-19-30(33)35(8,9)10/h11-24,38H,1-10H3. The molecule has 3 aromatic rings. The van der Waals surface area contributed by atoms with Crippen molar-refractivity contribution in [3.8, 4) is 0 Å². The number of rotatable bonds is 8. The molecule has 0 spiro atoms. The molecule has 3 heteroatoms. The predicted molar refractivity (Wildman–Crippen MR) is 168 cm³/mol. The number of para-hydroxylation sites is 3. The molecule has 1 N–H and O–H groups in total. The van der Waals surface area contributed by atoms with Crippen LogP contribution in [-0.4, -0.2) is 11.4 Å². The van der Waals surface area contributed by atoms with Gasteiger partial charge in [-0.3, -0.25) is 9.98 Å². The molecule has 0 heterocycles. The lowest BCUT2D eigenvalue weighted by Crippen LogP contribution is -2.17. The van der Waals surface area contributed by atoms with Crippen LogP contribution in [0.3, 0.4) is 0 Å². The van der Waals surface area contributed by atoms with Gasteiger partial charge < -0.3 is 5.32 Å². The normalized spacial score (nSPS) is 12.7. The van der Waals surface area contributed by atoms with Crippen molar-refractivity contribution in [1.82, 2.24) is 0 Å². The van der Waals surface area contributed by atoms with Crippen LogP contribution in [-0.2, 0) is 5.41 Å². The maximum atomic E-state index is 5.17. The topological polar surface area (TPSA) is 36.8 Å². The molecule has 0 aliphatic heterocycles. The van der Waals surface area contributed by atoms with Crippen molar-refractivity contribution in [2.24, 2.45) is 9.98 Å². The summed E-state index contributed by atoms with van der Waals surface area (Å²) in [6.07, 6.45) is 0. The quantitative estimate of drug-likeness (QED) is 0.302. The molecule has 0 saturated heterocycles. The molecule has 0 bridgehead atoms. The lowest BCUT2D eigenvalue weighted by atomic mass is 9.85. The number of aliphatic imine (C=N–C) groups is 2. The van der Waals surface area contributed by atoms with Crippen LogP contribution in [0.25, 0.3) is 0 Å². The van der Waals surface area contributed by atoms with Crippen LogP contribution >= 0.6 is 0 Å². The zero-order valence-electron chi connectivity index (χ0n) is 25.0. The van der Waals surface area contributed by atoms with Crippen molar-refractivity contribution < 1.29 is 0 Å². The van der Waals surface area contributed by atoms with Gasteiger partial charge in [-0.2, -0.15) is 0 Å². The Labute approximate surface area is 230 Å². The fourth-order valence-electron chi connectivity index (χ4n) is 4.94. The Morgan fingerprint density at radius 1 is 0.632 bits per heavy atom. The first kappa shape index (κ1) is 29.1. The smallest absolute Gasteiger partial charge is 0.0667 e. The van der Waals surface area contributed by atoms with Crippen LogP contribution in [0.1, 0.15) is 97.8 Å². The van der Waals surface area contributed by atoms with Crippen molar-refractivity contribution in [2.75, 3.05) is 5.32 Å². The highest BCUT2D eigenvalue weighted by Gasteiger charge is 2.19. The zero-order chi connectivity index (χ0) is 28.0. The minimum atomic E-state index is 0.0166. The molecule has 0 aliphatic rings. The van der Waals surface area contributed by atoms with Crippen molar-refractivity contribution in [3.05, 3.63) is 101 Å². The van der Waals surface area contributed by atoms with Gasteiger partial charge in [-0.15, -0.1) is 0 Å². The van der Waals surface area contributed by atoms with Gasteiger partial charge in [0.1, 0.15) is 0 Å². The molecule has 0 unspecified atom stereocenters. The molecule has 0 aromatic heterocycles. The van der Waals surface area contributed by atoms with Crippen LogP contribution in [0.2, 0.25) is 0 Å². The lowest BCUT2D eigenvalue weighted by Gasteiger charge is -2.24. The second-order valence-corrected chi connectivity index (χ2v) is 11.7. The van der Waals surface area contributed by atoms with Crippen LogP contribution in [0.15, 0.2) is 94.1 Å². The molecule has 0 amide bonds. The van der Waals surface area contributed by atoms with E-state index < -0.39 is 0 Å². The zero-order valence-corrected chi connectivity index (χ0v) is 25.0. The first-order valence-corrected chi connectivity index (χ1v) is 13.8. The highest BCUT2D eigenvalue weighted by atomic mass is 14.9. The summed E-state index contributed by atoms with van der Waals surface area (Å²) in [7, 11) is 0. The van der Waals surface area contributed by atoms with E-state index in [1.807, 2.05) is 0 Å². The molecular formula is C35H45N3. The van der Waals surface area contributed by atoms with Gasteiger partial charge in [0.2, 0.25) is 0 Å². The number of nitrogens with zero attached hydrogens (tertiary/aromatic N) is 2. The summed E-state index contributed by atoms with van der Waals surface area (Å²) in [6, 6.07) is 25.4. The Kier molecular flexibility index (Phi) is 9.49. The van der Waals surface area contributed by atoms with E-state index in [1.54, 1.807) is 0 Å². The third-order valence-corrected chi connectivity index (χ3v) is 6.85. The van der Waals surface area contributed by atoms with E-state index in [1.165, 1.54) is 16.7 Å². The van der Waals surface area contributed by atoms with E-state index in [0.717, 1.165) is 39.8 Å². The minimum absolute atomic E-state index is 0.0166. The van der Waals surface area contributed by atoms with E-state index in [0.29, 0.717) is 11.8 Å². The van der Waals surface area contributed by atoms with Crippen LogP contribution in [0.4, 0.5) is 17.1 Å². The van der Waals surface area contributed by atoms with Crippen LogP contribution in [0.5, 0.6) is 0 Å². The number of allylic oxidation sites excluding steroid dienone is 2. The van der Waals surface area contributed by atoms with E-state index in [4.69, 9.17) is 9.98 Å². The number of hydrogen-bond donors (Lipinski definition) is 1. The van der Waals surface area contributed by atoms with E-state index in [-0.39, 0.29) is 5.41 Å². The van der Waals surface area contributed by atoms with Gasteiger partial charge >= 0.3 is 0 Å². The number of nitrogens with one attached hydrogen (secondary N) is 1. The molecule has 38 heavy (non-hydrogen) atoms. The second kappa shape index (κ2) is 12.4. The maximum absolute atomic E-state index is 5.17. The number of hydrogen-bond acceptors (Lipinski definition) is 3. The van der Waals surface area contributed by atoms with E-state index >= 15 is 0 Å². The molecule has 0 aliphatic carbocycles. The summed E-state index contributed by atoms with van der Waals surface area (Å²) in [5, 5.41) is 3.74. The fraction of sp³-hybridized carbons (Fsp3) is 0.371. The fourth-order valence-corrected chi connectivity index (χ4v) is 4.94. The summed E-state index contributed by atoms with van der Waals surface area (Å²) in [5.41, 5.74) is 10.9. The largest absolute Gasteiger partial charge is 0.358 e. The summed E-state index contributed by atoms with van der Waals surface area (Å²) in [6.45, 7) is 21.9. The third-order valence-electron chi connectivity index (χ3n) is 6.85. The highest BCUT2D eigenvalue weighted by Crippen LogP contribution is 2.32. The maximum Gasteiger partial charge on any atom is 0.0667 e. The molecule has 0 fully saturated rings. The molecule has 200 valence electrons. The predicted octanol–water partition coefficient (Wildman–Crippen LogP) is 10.5. The number of benzene rings is 3. The Hall–Kier alpha value is -3.46. The molecular weight excluding hydrogens is 462 g/mol.